The lowest BCUT2D eigenvalue weighted by molar-refractivity contribution is 0.0127. The van der Waals surface area contributed by atoms with E-state index in [4.69, 9.17) is 16.3 Å². The Labute approximate surface area is 198 Å². The van der Waals surface area contributed by atoms with Crippen molar-refractivity contribution in [1.29, 1.82) is 0 Å². The Balaban J connectivity index is 1.40. The van der Waals surface area contributed by atoms with Crippen LogP contribution in [0.1, 0.15) is 30.1 Å². The number of hydrogen-bond donors (Lipinski definition) is 1. The molecular formula is C24H20ClF2N5O2. The molecule has 174 valence electrons. The van der Waals surface area contributed by atoms with Gasteiger partial charge in [0, 0.05) is 37.2 Å². The smallest absolute Gasteiger partial charge is 0.251 e. The van der Waals surface area contributed by atoms with Crippen LogP contribution >= 0.6 is 11.6 Å². The molecule has 2 aliphatic heterocycles. The van der Waals surface area contributed by atoms with Crippen molar-refractivity contribution in [3.63, 3.8) is 0 Å². The van der Waals surface area contributed by atoms with E-state index < -0.39 is 11.8 Å². The summed E-state index contributed by atoms with van der Waals surface area (Å²) in [6.45, 7) is 2.51. The van der Waals surface area contributed by atoms with Gasteiger partial charge in [-0.25, -0.2) is 14.4 Å². The van der Waals surface area contributed by atoms with Crippen molar-refractivity contribution in [3.8, 4) is 22.5 Å². The van der Waals surface area contributed by atoms with Gasteiger partial charge < -0.3 is 14.6 Å². The van der Waals surface area contributed by atoms with E-state index in [0.29, 0.717) is 23.4 Å². The summed E-state index contributed by atoms with van der Waals surface area (Å²) < 4.78 is 38.9. The average molecular weight is 484 g/mol. The van der Waals surface area contributed by atoms with Crippen LogP contribution in [0.25, 0.3) is 28.2 Å². The Morgan fingerprint density at radius 1 is 1.24 bits per heavy atom. The van der Waals surface area contributed by atoms with Gasteiger partial charge in [-0.3, -0.25) is 9.20 Å². The van der Waals surface area contributed by atoms with Gasteiger partial charge in [0.2, 0.25) is 5.95 Å². The maximum atomic E-state index is 15.4. The van der Waals surface area contributed by atoms with Crippen LogP contribution < -0.4 is 5.32 Å². The molecule has 0 atom stereocenters. The number of halogens is 3. The zero-order valence-corrected chi connectivity index (χ0v) is 19.2. The van der Waals surface area contributed by atoms with Gasteiger partial charge in [0.1, 0.15) is 28.0 Å². The van der Waals surface area contributed by atoms with E-state index in [1.807, 2.05) is 6.92 Å². The van der Waals surface area contributed by atoms with Crippen molar-refractivity contribution in [2.75, 3.05) is 6.61 Å². The number of nitrogens with zero attached hydrogens (tertiary/aromatic N) is 4. The summed E-state index contributed by atoms with van der Waals surface area (Å²) in [5.74, 6) is -1.70. The minimum absolute atomic E-state index is 0.0500. The fourth-order valence-electron chi connectivity index (χ4n) is 5.21. The number of hydrogen-bond acceptors (Lipinski definition) is 4. The third kappa shape index (κ3) is 3.07. The number of rotatable bonds is 4. The third-order valence-electron chi connectivity index (χ3n) is 6.70. The van der Waals surface area contributed by atoms with E-state index in [1.54, 1.807) is 17.7 Å². The molecule has 3 aliphatic rings. The fraction of sp³-hybridized carbons (Fsp3) is 0.292. The second-order valence-corrected chi connectivity index (χ2v) is 9.74. The molecule has 5 heterocycles. The standard InChI is InChI=1S/C24H20ClF2N5O2/c1-23-9-24(10-23,11-34-23)30-22(33)13-6-7-32-16(8-13)29-19(21(32)27)17-14(4-3-5-15(17)26)18-20(25)31(2)12-28-18/h3-8,12H,9-11H2,1-2H3,(H,30,33). The van der Waals surface area contributed by atoms with Crippen LogP contribution in [0.4, 0.5) is 8.78 Å². The molecule has 2 saturated heterocycles. The molecule has 0 unspecified atom stereocenters. The molecule has 7 rings (SSSR count). The Kier molecular flexibility index (Phi) is 4.44. The molecule has 3 fully saturated rings. The van der Waals surface area contributed by atoms with Crippen LogP contribution in [0.15, 0.2) is 42.9 Å². The number of ether oxygens (including phenoxy) is 1. The summed E-state index contributed by atoms with van der Waals surface area (Å²) in [6, 6.07) is 7.35. The highest BCUT2D eigenvalue weighted by Gasteiger charge is 2.60. The highest BCUT2D eigenvalue weighted by molar-refractivity contribution is 6.32. The van der Waals surface area contributed by atoms with Gasteiger partial charge in [-0.1, -0.05) is 23.7 Å². The van der Waals surface area contributed by atoms with E-state index in [2.05, 4.69) is 15.3 Å². The highest BCUT2D eigenvalue weighted by atomic mass is 35.5. The number of aryl methyl sites for hydroxylation is 1. The second kappa shape index (κ2) is 7.10. The topological polar surface area (TPSA) is 73.5 Å². The first-order valence-corrected chi connectivity index (χ1v) is 11.2. The number of pyridine rings is 1. The molecular weight excluding hydrogens is 464 g/mol. The quantitative estimate of drug-likeness (QED) is 0.467. The molecule has 10 heteroatoms. The zero-order valence-electron chi connectivity index (χ0n) is 18.4. The lowest BCUT2D eigenvalue weighted by atomic mass is 9.69. The van der Waals surface area contributed by atoms with Gasteiger partial charge in [0.25, 0.3) is 5.91 Å². The van der Waals surface area contributed by atoms with Crippen LogP contribution in [0.2, 0.25) is 5.15 Å². The van der Waals surface area contributed by atoms with Crippen molar-refractivity contribution in [3.05, 3.63) is 65.3 Å². The first-order valence-electron chi connectivity index (χ1n) is 10.8. The van der Waals surface area contributed by atoms with E-state index in [1.165, 1.54) is 41.2 Å². The second-order valence-electron chi connectivity index (χ2n) is 9.38. The number of benzene rings is 1. The Bertz CT molecular complexity index is 1490. The van der Waals surface area contributed by atoms with Crippen molar-refractivity contribution in [2.24, 2.45) is 7.05 Å². The van der Waals surface area contributed by atoms with E-state index in [-0.39, 0.29) is 39.1 Å². The summed E-state index contributed by atoms with van der Waals surface area (Å²) in [6.07, 6.45) is 4.44. The number of aromatic nitrogens is 4. The maximum Gasteiger partial charge on any atom is 0.251 e. The molecule has 1 N–H and O–H groups in total. The van der Waals surface area contributed by atoms with Gasteiger partial charge in [0.05, 0.1) is 29.6 Å². The third-order valence-corrected chi connectivity index (χ3v) is 7.15. The monoisotopic (exact) mass is 483 g/mol. The van der Waals surface area contributed by atoms with Gasteiger partial charge in [0.15, 0.2) is 0 Å². The number of carbonyl (C=O) groups is 1. The van der Waals surface area contributed by atoms with Gasteiger partial charge in [-0.15, -0.1) is 0 Å². The van der Waals surface area contributed by atoms with Crippen LogP contribution in [-0.2, 0) is 11.8 Å². The van der Waals surface area contributed by atoms with Gasteiger partial charge in [-0.2, -0.15) is 4.39 Å². The summed E-state index contributed by atoms with van der Waals surface area (Å²) in [4.78, 5) is 21.5. The van der Waals surface area contributed by atoms with Crippen LogP contribution in [-0.4, -0.2) is 42.6 Å². The normalized spacial score (nSPS) is 23.3. The van der Waals surface area contributed by atoms with Crippen LogP contribution in [0.3, 0.4) is 0 Å². The minimum atomic E-state index is -0.752. The van der Waals surface area contributed by atoms with E-state index in [9.17, 15) is 4.79 Å². The van der Waals surface area contributed by atoms with Crippen LogP contribution in [0.5, 0.6) is 0 Å². The molecule has 0 radical (unpaired) electrons. The molecule has 1 aliphatic carbocycles. The molecule has 2 bridgehead atoms. The Hall–Kier alpha value is -3.30. The molecule has 1 amide bonds. The van der Waals surface area contributed by atoms with Crippen LogP contribution in [0, 0.1) is 11.8 Å². The van der Waals surface area contributed by atoms with Crippen molar-refractivity contribution in [1.82, 2.24) is 24.3 Å². The molecule has 1 aromatic carbocycles. The van der Waals surface area contributed by atoms with E-state index >= 15 is 8.78 Å². The number of imidazole rings is 2. The van der Waals surface area contributed by atoms with Crippen molar-refractivity contribution >= 4 is 23.2 Å². The first kappa shape index (κ1) is 21.2. The first-order chi connectivity index (χ1) is 16.2. The molecule has 34 heavy (non-hydrogen) atoms. The summed E-state index contributed by atoms with van der Waals surface area (Å²) in [5, 5.41) is 3.34. The number of fused-ring (bicyclic) bond motifs is 2. The predicted octanol–water partition coefficient (Wildman–Crippen LogP) is 4.38. The molecule has 3 aromatic heterocycles. The Morgan fingerprint density at radius 3 is 2.71 bits per heavy atom. The lowest BCUT2D eigenvalue weighted by Crippen LogP contribution is -2.58. The molecule has 1 saturated carbocycles. The average Bonchev–Trinajstić information content (AvgIpc) is 3.49. The predicted molar refractivity (Wildman–Crippen MR) is 122 cm³/mol. The highest BCUT2D eigenvalue weighted by Crippen LogP contribution is 2.51. The maximum absolute atomic E-state index is 15.4. The zero-order chi connectivity index (χ0) is 23.8. The summed E-state index contributed by atoms with van der Waals surface area (Å²) in [5.41, 5.74) is 0.400. The molecule has 7 nitrogen and oxygen atoms in total. The number of amides is 1. The molecule has 0 spiro atoms. The SMILES string of the molecule is Cn1cnc(-c2cccc(F)c2-c2nc3cc(C(=O)NC45COC(C)(C4)C5)ccn3c2F)c1Cl. The largest absolute Gasteiger partial charge is 0.373 e. The summed E-state index contributed by atoms with van der Waals surface area (Å²) >= 11 is 6.33. The Morgan fingerprint density at radius 2 is 2.03 bits per heavy atom. The number of carbonyl (C=O) groups excluding carboxylic acids is 1. The minimum Gasteiger partial charge on any atom is -0.373 e. The lowest BCUT2D eigenvalue weighted by Gasteiger charge is -2.42. The van der Waals surface area contributed by atoms with Gasteiger partial charge >= 0.3 is 0 Å². The fourth-order valence-corrected chi connectivity index (χ4v) is 5.40. The number of nitrogens with one attached hydrogen (secondary N) is 1. The molecule has 4 aromatic rings. The van der Waals surface area contributed by atoms with Crippen molar-refractivity contribution in [2.45, 2.75) is 30.9 Å². The summed E-state index contributed by atoms with van der Waals surface area (Å²) in [7, 11) is 1.71. The van der Waals surface area contributed by atoms with Gasteiger partial charge in [-0.05, 0) is 25.1 Å². The van der Waals surface area contributed by atoms with Crippen molar-refractivity contribution < 1.29 is 18.3 Å². The van der Waals surface area contributed by atoms with E-state index in [0.717, 1.165) is 12.8 Å².